The maximum absolute atomic E-state index is 10.6. The lowest BCUT2D eigenvalue weighted by molar-refractivity contribution is 0.465. The van der Waals surface area contributed by atoms with E-state index in [-0.39, 0.29) is 6.71 Å². The van der Waals surface area contributed by atoms with Crippen molar-refractivity contribution < 1.29 is 9.47 Å². The van der Waals surface area contributed by atoms with Crippen molar-refractivity contribution in [2.45, 2.75) is 0 Å². The molecule has 7 aromatic rings. The van der Waals surface area contributed by atoms with Crippen molar-refractivity contribution in [1.29, 1.82) is 5.26 Å². The fraction of sp³-hybridized carbons (Fsp3) is 0. The molecule has 0 aromatic heterocycles. The van der Waals surface area contributed by atoms with Crippen LogP contribution in [-0.2, 0) is 0 Å². The Morgan fingerprint density at radius 2 is 0.915 bits per heavy atom. The number of benzene rings is 7. The number of rotatable bonds is 1. The van der Waals surface area contributed by atoms with Crippen LogP contribution in [0.3, 0.4) is 0 Å². The Bertz CT molecular complexity index is 2490. The largest absolute Gasteiger partial charge is 0.458 e. The van der Waals surface area contributed by atoms with Crippen LogP contribution in [0.2, 0.25) is 0 Å². The molecule has 4 heteroatoms. The van der Waals surface area contributed by atoms with Crippen LogP contribution in [0, 0.1) is 11.3 Å². The highest BCUT2D eigenvalue weighted by Crippen LogP contribution is 2.50. The highest BCUT2D eigenvalue weighted by Gasteiger charge is 2.42. The molecule has 10 rings (SSSR count). The van der Waals surface area contributed by atoms with Crippen LogP contribution in [0.1, 0.15) is 5.56 Å². The Morgan fingerprint density at radius 3 is 1.47 bits per heavy atom. The van der Waals surface area contributed by atoms with Crippen molar-refractivity contribution >= 4 is 23.1 Å². The van der Waals surface area contributed by atoms with Crippen molar-refractivity contribution in [3.05, 3.63) is 151 Å². The lowest BCUT2D eigenvalue weighted by Gasteiger charge is -2.34. The maximum atomic E-state index is 10.6. The number of hydrogen-bond donors (Lipinski definition) is 0. The van der Waals surface area contributed by atoms with Crippen LogP contribution >= 0.6 is 0 Å². The van der Waals surface area contributed by atoms with Gasteiger partial charge in [0, 0.05) is 11.0 Å². The highest BCUT2D eigenvalue weighted by molar-refractivity contribution is 6.98. The van der Waals surface area contributed by atoms with Gasteiger partial charge >= 0.3 is 0 Å². The number of hydrogen-bond acceptors (Lipinski definition) is 3. The van der Waals surface area contributed by atoms with Gasteiger partial charge in [0.1, 0.15) is 29.1 Å². The third-order valence-electron chi connectivity index (χ3n) is 9.83. The fourth-order valence-electron chi connectivity index (χ4n) is 7.84. The smallest absolute Gasteiger partial charge is 0.260 e. The lowest BCUT2D eigenvalue weighted by atomic mass is 9.34. The molecule has 7 aromatic carbocycles. The summed E-state index contributed by atoms with van der Waals surface area (Å²) in [6.07, 6.45) is 0. The monoisotopic (exact) mass is 597 g/mol. The molecule has 0 radical (unpaired) electrons. The van der Waals surface area contributed by atoms with Crippen LogP contribution in [-0.4, -0.2) is 6.71 Å². The van der Waals surface area contributed by atoms with Crippen molar-refractivity contribution in [3.63, 3.8) is 0 Å². The molecule has 0 saturated heterocycles. The Hall–Kier alpha value is -6.31. The van der Waals surface area contributed by atoms with E-state index in [2.05, 4.69) is 121 Å². The minimum absolute atomic E-state index is 0.0742. The topological polar surface area (TPSA) is 42.2 Å². The summed E-state index contributed by atoms with van der Waals surface area (Å²) in [6, 6.07) is 53.3. The summed E-state index contributed by atoms with van der Waals surface area (Å²) in [7, 11) is 0. The van der Waals surface area contributed by atoms with Gasteiger partial charge in [-0.3, -0.25) is 0 Å². The van der Waals surface area contributed by atoms with E-state index in [0.29, 0.717) is 17.1 Å². The van der Waals surface area contributed by atoms with E-state index in [1.54, 1.807) is 0 Å². The molecule has 0 fully saturated rings. The zero-order valence-corrected chi connectivity index (χ0v) is 25.2. The Labute approximate surface area is 273 Å². The minimum atomic E-state index is -0.0742. The molecule has 1 aliphatic carbocycles. The first-order chi connectivity index (χ1) is 23.3. The number of fused-ring (bicyclic) bond motifs is 12. The van der Waals surface area contributed by atoms with Crippen molar-refractivity contribution in [2.75, 3.05) is 0 Å². The second-order valence-corrected chi connectivity index (χ2v) is 12.3. The lowest BCUT2D eigenvalue weighted by Crippen LogP contribution is -2.57. The van der Waals surface area contributed by atoms with Gasteiger partial charge in [-0.15, -0.1) is 0 Å². The Balaban J connectivity index is 1.27. The quantitative estimate of drug-likeness (QED) is 0.178. The zero-order valence-electron chi connectivity index (χ0n) is 25.2. The molecule has 0 amide bonds. The average Bonchev–Trinajstić information content (AvgIpc) is 3.13. The van der Waals surface area contributed by atoms with E-state index < -0.39 is 0 Å². The Kier molecular flexibility index (Phi) is 5.44. The van der Waals surface area contributed by atoms with Gasteiger partial charge in [0.25, 0.3) is 6.71 Å². The molecule has 0 saturated carbocycles. The van der Waals surface area contributed by atoms with Crippen LogP contribution in [0.5, 0.6) is 23.0 Å². The van der Waals surface area contributed by atoms with Gasteiger partial charge in [-0.1, -0.05) is 121 Å². The van der Waals surface area contributed by atoms with E-state index in [1.807, 2.05) is 30.3 Å². The second-order valence-electron chi connectivity index (χ2n) is 12.3. The van der Waals surface area contributed by atoms with Gasteiger partial charge in [0.2, 0.25) is 0 Å². The van der Waals surface area contributed by atoms with E-state index in [4.69, 9.17) is 9.47 Å². The first kappa shape index (κ1) is 26.0. The van der Waals surface area contributed by atoms with Crippen LogP contribution in [0.25, 0.3) is 55.6 Å². The van der Waals surface area contributed by atoms with E-state index in [1.165, 1.54) is 27.8 Å². The molecule has 0 spiro atoms. The van der Waals surface area contributed by atoms with Crippen molar-refractivity contribution in [1.82, 2.24) is 0 Å². The molecule has 0 atom stereocenters. The third kappa shape index (κ3) is 3.69. The van der Waals surface area contributed by atoms with Gasteiger partial charge in [-0.25, -0.2) is 0 Å². The first-order valence-electron chi connectivity index (χ1n) is 15.9. The molecule has 0 unspecified atom stereocenters. The average molecular weight is 597 g/mol. The summed E-state index contributed by atoms with van der Waals surface area (Å²) in [6.45, 7) is -0.0742. The molecule has 3 aliphatic rings. The van der Waals surface area contributed by atoms with Crippen LogP contribution < -0.4 is 25.9 Å². The fourth-order valence-corrected chi connectivity index (χ4v) is 7.84. The SMILES string of the molecule is N#Cc1cc2c3c(c1-c1ccc4c(c1)-c1ccccc1-c1ccccc1-c1ccccc1-4)Oc1ccccc1B3c1ccccc1O2. The first-order valence-corrected chi connectivity index (χ1v) is 15.9. The summed E-state index contributed by atoms with van der Waals surface area (Å²) < 4.78 is 13.3. The Morgan fingerprint density at radius 1 is 0.447 bits per heavy atom. The van der Waals surface area contributed by atoms with Gasteiger partial charge in [0.15, 0.2) is 0 Å². The number of nitrogens with zero attached hydrogens (tertiary/aromatic N) is 1. The summed E-state index contributed by atoms with van der Waals surface area (Å²) in [5, 5.41) is 10.6. The predicted molar refractivity (Wildman–Crippen MR) is 190 cm³/mol. The van der Waals surface area contributed by atoms with Gasteiger partial charge in [-0.05, 0) is 85.3 Å². The standard InChI is InChI=1S/C43H24BNO2/c45-25-27-24-40-42-43(47-39-20-10-8-18-37(39)44(42)36-17-7-9-19-38(36)46-40)41(27)26-21-22-34-32-15-4-3-13-30(32)28-11-1-2-12-29(28)31-14-5-6-16-33(31)35(34)23-26/h1-24H. The molecule has 2 aliphatic heterocycles. The molecule has 47 heavy (non-hydrogen) atoms. The van der Waals surface area contributed by atoms with Crippen LogP contribution in [0.4, 0.5) is 0 Å². The molecule has 2 heterocycles. The molecule has 0 bridgehead atoms. The zero-order chi connectivity index (χ0) is 31.1. The normalized spacial score (nSPS) is 12.5. The summed E-state index contributed by atoms with van der Waals surface area (Å²) in [4.78, 5) is 0. The predicted octanol–water partition coefficient (Wildman–Crippen LogP) is 8.93. The van der Waals surface area contributed by atoms with Crippen molar-refractivity contribution in [2.24, 2.45) is 0 Å². The van der Waals surface area contributed by atoms with Crippen LogP contribution in [0.15, 0.2) is 146 Å². The third-order valence-corrected chi connectivity index (χ3v) is 9.83. The summed E-state index contributed by atoms with van der Waals surface area (Å²) in [5.41, 5.74) is 14.8. The number of ether oxygens (including phenoxy) is 2. The van der Waals surface area contributed by atoms with E-state index in [9.17, 15) is 5.26 Å². The molecular weight excluding hydrogens is 573 g/mol. The van der Waals surface area contributed by atoms with Gasteiger partial charge in [0.05, 0.1) is 5.56 Å². The van der Waals surface area contributed by atoms with E-state index >= 15 is 0 Å². The maximum Gasteiger partial charge on any atom is 0.260 e. The number of nitriles is 1. The molecule has 0 N–H and O–H groups in total. The second kappa shape index (κ2) is 9.85. The van der Waals surface area contributed by atoms with Crippen molar-refractivity contribution in [3.8, 4) is 84.7 Å². The highest BCUT2D eigenvalue weighted by atomic mass is 16.5. The molecule has 216 valence electrons. The summed E-state index contributed by atoms with van der Waals surface area (Å²) >= 11 is 0. The molecule has 3 nitrogen and oxygen atoms in total. The minimum Gasteiger partial charge on any atom is -0.458 e. The molecular formula is C43H24BNO2. The number of para-hydroxylation sites is 2. The van der Waals surface area contributed by atoms with Gasteiger partial charge in [-0.2, -0.15) is 5.26 Å². The van der Waals surface area contributed by atoms with E-state index in [0.717, 1.165) is 55.7 Å². The summed E-state index contributed by atoms with van der Waals surface area (Å²) in [5.74, 6) is 2.95. The van der Waals surface area contributed by atoms with Gasteiger partial charge < -0.3 is 9.47 Å².